The summed E-state index contributed by atoms with van der Waals surface area (Å²) in [6.07, 6.45) is 0.229. The van der Waals surface area contributed by atoms with E-state index in [1.165, 1.54) is 7.11 Å². The van der Waals surface area contributed by atoms with E-state index in [-0.39, 0.29) is 12.3 Å². The number of rotatable bonds is 7. The number of hydrogen-bond donors (Lipinski definition) is 3. The first-order chi connectivity index (χ1) is 9.07. The molecule has 0 rings (SSSR count). The first kappa shape index (κ1) is 18.2. The molecule has 0 aliphatic rings. The summed E-state index contributed by atoms with van der Waals surface area (Å²) in [7, 11) is 1.25. The fourth-order valence-corrected chi connectivity index (χ4v) is 1.75. The number of ether oxygens (including phenoxy) is 1. The molecule has 2 amide bonds. The molecule has 20 heavy (non-hydrogen) atoms. The summed E-state index contributed by atoms with van der Waals surface area (Å²) in [6, 6.07) is -1.34. The molecule has 0 saturated heterocycles. The van der Waals surface area contributed by atoms with Crippen molar-refractivity contribution in [2.45, 2.75) is 52.1 Å². The van der Waals surface area contributed by atoms with Gasteiger partial charge >= 0.3 is 18.0 Å². The van der Waals surface area contributed by atoms with Crippen molar-refractivity contribution in [1.29, 1.82) is 0 Å². The summed E-state index contributed by atoms with van der Waals surface area (Å²) < 4.78 is 4.63. The van der Waals surface area contributed by atoms with Crippen LogP contribution in [0.2, 0.25) is 0 Å². The van der Waals surface area contributed by atoms with Gasteiger partial charge in [-0.05, 0) is 26.2 Å². The van der Waals surface area contributed by atoms with Crippen molar-refractivity contribution in [3.8, 4) is 0 Å². The van der Waals surface area contributed by atoms with Gasteiger partial charge in [0.25, 0.3) is 0 Å². The average molecular weight is 288 g/mol. The Morgan fingerprint density at radius 2 is 1.80 bits per heavy atom. The summed E-state index contributed by atoms with van der Waals surface area (Å²) >= 11 is 0. The van der Waals surface area contributed by atoms with Crippen LogP contribution in [0.3, 0.4) is 0 Å². The third kappa shape index (κ3) is 7.60. The second-order valence-corrected chi connectivity index (χ2v) is 5.76. The molecule has 0 aromatic rings. The predicted molar refractivity (Wildman–Crippen MR) is 73.3 cm³/mol. The molecule has 0 fully saturated rings. The number of methoxy groups -OCH3 is 1. The third-order valence-corrected chi connectivity index (χ3v) is 2.54. The van der Waals surface area contributed by atoms with Gasteiger partial charge in [0.15, 0.2) is 0 Å². The van der Waals surface area contributed by atoms with Gasteiger partial charge in [-0.2, -0.15) is 0 Å². The molecule has 7 nitrogen and oxygen atoms in total. The third-order valence-electron chi connectivity index (χ3n) is 2.54. The number of aliphatic carboxylic acids is 1. The Balaban J connectivity index is 4.60. The molecule has 0 aromatic carbocycles. The number of amides is 2. The Hall–Kier alpha value is -1.79. The van der Waals surface area contributed by atoms with Gasteiger partial charge in [0.2, 0.25) is 0 Å². The Morgan fingerprint density at radius 1 is 1.25 bits per heavy atom. The summed E-state index contributed by atoms with van der Waals surface area (Å²) in [4.78, 5) is 34.1. The average Bonchev–Trinajstić information content (AvgIpc) is 2.23. The van der Waals surface area contributed by atoms with E-state index in [9.17, 15) is 14.4 Å². The van der Waals surface area contributed by atoms with Crippen LogP contribution in [0.15, 0.2) is 0 Å². The van der Waals surface area contributed by atoms with Crippen LogP contribution in [-0.4, -0.2) is 41.8 Å². The monoisotopic (exact) mass is 288 g/mol. The summed E-state index contributed by atoms with van der Waals surface area (Å²) in [5.74, 6) is -1.33. The van der Waals surface area contributed by atoms with E-state index in [0.717, 1.165) is 0 Å². The molecule has 0 aliphatic carbocycles. The van der Waals surface area contributed by atoms with Gasteiger partial charge in [-0.15, -0.1) is 0 Å². The SMILES string of the molecule is COC(=O)C(CC(C)C)NC(=O)NC(C)(C)CC(=O)O. The number of carboxylic acid groups (broad SMARTS) is 1. The van der Waals surface area contributed by atoms with E-state index in [2.05, 4.69) is 15.4 Å². The first-order valence-corrected chi connectivity index (χ1v) is 6.45. The number of carboxylic acids is 1. The lowest BCUT2D eigenvalue weighted by Crippen LogP contribution is -2.53. The van der Waals surface area contributed by atoms with Crippen LogP contribution in [0.1, 0.15) is 40.5 Å². The molecule has 1 atom stereocenters. The maximum Gasteiger partial charge on any atom is 0.328 e. The van der Waals surface area contributed by atoms with Crippen molar-refractivity contribution in [3.05, 3.63) is 0 Å². The van der Waals surface area contributed by atoms with Crippen LogP contribution < -0.4 is 10.6 Å². The van der Waals surface area contributed by atoms with Crippen LogP contribution in [0, 0.1) is 5.92 Å². The van der Waals surface area contributed by atoms with Crippen LogP contribution >= 0.6 is 0 Å². The topological polar surface area (TPSA) is 105 Å². The van der Waals surface area contributed by atoms with E-state index in [1.807, 2.05) is 13.8 Å². The second kappa shape index (κ2) is 7.72. The molecular weight excluding hydrogens is 264 g/mol. The molecule has 3 N–H and O–H groups in total. The lowest BCUT2D eigenvalue weighted by molar-refractivity contribution is -0.143. The lowest BCUT2D eigenvalue weighted by atomic mass is 10.0. The Labute approximate surface area is 119 Å². The molecule has 0 heterocycles. The molecule has 7 heteroatoms. The van der Waals surface area contributed by atoms with E-state index < -0.39 is 29.6 Å². The number of carbonyl (C=O) groups excluding carboxylic acids is 2. The molecule has 116 valence electrons. The molecule has 0 bridgehead atoms. The smallest absolute Gasteiger partial charge is 0.328 e. The fourth-order valence-electron chi connectivity index (χ4n) is 1.75. The second-order valence-electron chi connectivity index (χ2n) is 5.76. The van der Waals surface area contributed by atoms with Crippen molar-refractivity contribution in [2.75, 3.05) is 7.11 Å². The van der Waals surface area contributed by atoms with Crippen molar-refractivity contribution >= 4 is 18.0 Å². The minimum Gasteiger partial charge on any atom is -0.481 e. The van der Waals surface area contributed by atoms with Gasteiger partial charge in [0, 0.05) is 5.54 Å². The maximum absolute atomic E-state index is 11.8. The molecule has 1 unspecified atom stereocenters. The molecule has 0 radical (unpaired) electrons. The van der Waals surface area contributed by atoms with E-state index in [0.29, 0.717) is 6.42 Å². The maximum atomic E-state index is 11.8. The number of urea groups is 1. The predicted octanol–water partition coefficient (Wildman–Crippen LogP) is 1.13. The number of carbonyl (C=O) groups is 3. The minimum atomic E-state index is -1.01. The van der Waals surface area contributed by atoms with Gasteiger partial charge in [-0.3, -0.25) is 4.79 Å². The van der Waals surface area contributed by atoms with Crippen LogP contribution in [0.5, 0.6) is 0 Å². The van der Waals surface area contributed by atoms with Gasteiger partial charge < -0.3 is 20.5 Å². The van der Waals surface area contributed by atoms with E-state index in [1.54, 1.807) is 13.8 Å². The zero-order chi connectivity index (χ0) is 15.9. The molecule has 0 aliphatic heterocycles. The molecule has 0 aromatic heterocycles. The van der Waals surface area contributed by atoms with Crippen molar-refractivity contribution in [1.82, 2.24) is 10.6 Å². The summed E-state index contributed by atoms with van der Waals surface area (Å²) in [5.41, 5.74) is -0.908. The highest BCUT2D eigenvalue weighted by Crippen LogP contribution is 2.09. The highest BCUT2D eigenvalue weighted by molar-refractivity contribution is 5.84. The lowest BCUT2D eigenvalue weighted by Gasteiger charge is -2.26. The van der Waals surface area contributed by atoms with Crippen LogP contribution in [0.25, 0.3) is 0 Å². The molecule has 0 saturated carbocycles. The van der Waals surface area contributed by atoms with Gasteiger partial charge in [-0.25, -0.2) is 9.59 Å². The number of esters is 1. The molecular formula is C13H24N2O5. The van der Waals surface area contributed by atoms with Gasteiger partial charge in [0.05, 0.1) is 13.5 Å². The van der Waals surface area contributed by atoms with Gasteiger partial charge in [-0.1, -0.05) is 13.8 Å². The standard InChI is InChI=1S/C13H24N2O5/c1-8(2)6-9(11(18)20-5)14-12(19)15-13(3,4)7-10(16)17/h8-9H,6-7H2,1-5H3,(H,16,17)(H2,14,15,19). The Bertz CT molecular complexity index is 366. The van der Waals surface area contributed by atoms with Crippen LogP contribution in [0.4, 0.5) is 4.79 Å². The highest BCUT2D eigenvalue weighted by Gasteiger charge is 2.27. The van der Waals surface area contributed by atoms with Gasteiger partial charge in [0.1, 0.15) is 6.04 Å². The Morgan fingerprint density at radius 3 is 2.20 bits per heavy atom. The van der Waals surface area contributed by atoms with Crippen molar-refractivity contribution < 1.29 is 24.2 Å². The fraction of sp³-hybridized carbons (Fsp3) is 0.769. The number of nitrogens with one attached hydrogen (secondary N) is 2. The molecule has 0 spiro atoms. The summed E-state index contributed by atoms with van der Waals surface area (Å²) in [5, 5.41) is 13.8. The van der Waals surface area contributed by atoms with Crippen LogP contribution in [-0.2, 0) is 14.3 Å². The number of hydrogen-bond acceptors (Lipinski definition) is 4. The minimum absolute atomic E-state index is 0.200. The van der Waals surface area contributed by atoms with Crippen molar-refractivity contribution in [3.63, 3.8) is 0 Å². The Kier molecular flexibility index (Phi) is 7.02. The largest absolute Gasteiger partial charge is 0.481 e. The highest BCUT2D eigenvalue weighted by atomic mass is 16.5. The summed E-state index contributed by atoms with van der Waals surface area (Å²) in [6.45, 7) is 7.03. The normalized spacial score (nSPS) is 12.7. The zero-order valence-electron chi connectivity index (χ0n) is 12.6. The quantitative estimate of drug-likeness (QED) is 0.609. The van der Waals surface area contributed by atoms with Crippen molar-refractivity contribution in [2.24, 2.45) is 5.92 Å². The van der Waals surface area contributed by atoms with E-state index in [4.69, 9.17) is 5.11 Å². The van der Waals surface area contributed by atoms with E-state index >= 15 is 0 Å². The zero-order valence-corrected chi connectivity index (χ0v) is 12.6. The first-order valence-electron chi connectivity index (χ1n) is 6.45.